The van der Waals surface area contributed by atoms with Crippen LogP contribution in [-0.4, -0.2) is 19.4 Å². The van der Waals surface area contributed by atoms with E-state index in [2.05, 4.69) is 159 Å². The summed E-state index contributed by atoms with van der Waals surface area (Å²) in [5.74, 6) is 0. The van der Waals surface area contributed by atoms with E-state index in [9.17, 15) is 0 Å². The van der Waals surface area contributed by atoms with Gasteiger partial charge in [0.05, 0.1) is 0 Å². The van der Waals surface area contributed by atoms with Crippen molar-refractivity contribution in [1.29, 1.82) is 0 Å². The third kappa shape index (κ3) is 6.22. The maximum atomic E-state index is 2.56. The van der Waals surface area contributed by atoms with Gasteiger partial charge in [-0.1, -0.05) is 0 Å². The van der Waals surface area contributed by atoms with Crippen molar-refractivity contribution in [3.8, 4) is 11.1 Å². The molecule has 0 saturated heterocycles. The Kier molecular flexibility index (Phi) is 10.9. The summed E-state index contributed by atoms with van der Waals surface area (Å²) >= 11 is -2.93. The summed E-state index contributed by atoms with van der Waals surface area (Å²) in [5.41, 5.74) is 11.9. The molecule has 3 heteroatoms. The van der Waals surface area contributed by atoms with Crippen LogP contribution in [0.4, 0.5) is 0 Å². The minimum absolute atomic E-state index is 0.519. The fourth-order valence-corrected chi connectivity index (χ4v) is 29.1. The van der Waals surface area contributed by atoms with Crippen LogP contribution < -0.4 is 13.7 Å². The van der Waals surface area contributed by atoms with Gasteiger partial charge in [-0.05, 0) is 0 Å². The zero-order chi connectivity index (χ0) is 34.1. The zero-order valence-corrected chi connectivity index (χ0v) is 36.4. The molecule has 0 aliphatic heterocycles. The van der Waals surface area contributed by atoms with Crippen molar-refractivity contribution in [2.45, 2.75) is 102 Å². The first-order valence-electron chi connectivity index (χ1n) is 18.8. The van der Waals surface area contributed by atoms with Crippen LogP contribution in [0.1, 0.15) is 74.9 Å². The Morgan fingerprint density at radius 3 is 1.56 bits per heavy atom. The molecule has 0 fully saturated rings. The first-order chi connectivity index (χ1) is 23.3. The maximum absolute atomic E-state index is 2.93. The number of rotatable bonds is 12. The summed E-state index contributed by atoms with van der Waals surface area (Å²) in [5, 5.41) is 3.29. The van der Waals surface area contributed by atoms with Crippen molar-refractivity contribution < 1.29 is 21.0 Å². The van der Waals surface area contributed by atoms with Crippen LogP contribution in [0, 0.1) is 13.8 Å². The Balaban J connectivity index is 1.64. The number of hydrogen-bond acceptors (Lipinski definition) is 0. The van der Waals surface area contributed by atoms with Gasteiger partial charge in [0.15, 0.2) is 0 Å². The van der Waals surface area contributed by atoms with E-state index in [1.807, 2.05) is 0 Å². The summed E-state index contributed by atoms with van der Waals surface area (Å²) in [7, 11) is -2.92. The molecule has 0 radical (unpaired) electrons. The molecule has 0 N–H and O–H groups in total. The van der Waals surface area contributed by atoms with E-state index in [0.29, 0.717) is 3.67 Å². The Morgan fingerprint density at radius 1 is 0.604 bits per heavy atom. The van der Waals surface area contributed by atoms with Crippen LogP contribution in [0.2, 0.25) is 39.9 Å². The Morgan fingerprint density at radius 2 is 1.08 bits per heavy atom. The topological polar surface area (TPSA) is 0 Å². The summed E-state index contributed by atoms with van der Waals surface area (Å²) in [6, 6.07) is 40.4. The molecule has 4 aromatic carbocycles. The molecule has 2 aliphatic rings. The van der Waals surface area contributed by atoms with Crippen molar-refractivity contribution >= 4 is 33.1 Å². The van der Waals surface area contributed by atoms with E-state index in [1.54, 1.807) is 22.5 Å². The molecule has 48 heavy (non-hydrogen) atoms. The van der Waals surface area contributed by atoms with Crippen LogP contribution in [0.15, 0.2) is 103 Å². The van der Waals surface area contributed by atoms with E-state index < -0.39 is 37.1 Å². The molecular formula is C45H56HfSi2. The third-order valence-corrected chi connectivity index (χ3v) is 36.2. The third-order valence-electron chi connectivity index (χ3n) is 12.7. The summed E-state index contributed by atoms with van der Waals surface area (Å²) in [4.78, 5) is 0. The molecular weight excluding hydrogens is 775 g/mol. The molecule has 0 aromatic heterocycles. The van der Waals surface area contributed by atoms with Gasteiger partial charge in [-0.3, -0.25) is 0 Å². The average Bonchev–Trinajstić information content (AvgIpc) is 3.79. The quantitative estimate of drug-likeness (QED) is 0.110. The standard InChI is InChI=1S/C25H38Si2.C15H13.C5H5.Hf/c1-7-26(8-2,9-3)24-17-13-22(14-18-24)21-23-15-19-25(20-16-23)27(10-4,11-5)12-6;1-10-3-5-14-12(7-10)9-13-8-11(2)4-6-15(13)14;1-2-4-5-3-1;/h13-20H,7-12H2,1-6H3;3-7H,9H2,1-2H3;1-5H;. The molecule has 0 amide bonds. The van der Waals surface area contributed by atoms with Crippen LogP contribution >= 0.6 is 0 Å². The molecule has 0 bridgehead atoms. The van der Waals surface area contributed by atoms with Gasteiger partial charge in [0.1, 0.15) is 0 Å². The van der Waals surface area contributed by atoms with Gasteiger partial charge in [0.2, 0.25) is 0 Å². The molecule has 2 aliphatic carbocycles. The second kappa shape index (κ2) is 14.8. The van der Waals surface area contributed by atoms with Gasteiger partial charge in [-0.15, -0.1) is 0 Å². The van der Waals surface area contributed by atoms with Crippen molar-refractivity contribution in [2.24, 2.45) is 0 Å². The number of allylic oxidation sites excluding steroid dienone is 4. The molecule has 0 spiro atoms. The van der Waals surface area contributed by atoms with E-state index in [0.717, 1.165) is 6.42 Å². The SMILES string of the molecule is CC[Si](CC)(CC)c1ccc([C](c2ccc([Si](CC)(CC)CC)cc2)=[Hf]([c]2c(C)ccc3c2Cc2cc(C)ccc2-3)[CH]2C=CC=C2)cc1. The van der Waals surface area contributed by atoms with Crippen molar-refractivity contribution in [3.05, 3.63) is 137 Å². The van der Waals surface area contributed by atoms with E-state index in [4.69, 9.17) is 0 Å². The molecule has 0 heterocycles. The number of fused-ring (bicyclic) bond motifs is 3. The summed E-state index contributed by atoms with van der Waals surface area (Å²) in [6.07, 6.45) is 10.8. The molecule has 4 aromatic rings. The second-order valence-corrected chi connectivity index (χ2v) is 34.0. The predicted molar refractivity (Wildman–Crippen MR) is 216 cm³/mol. The summed E-state index contributed by atoms with van der Waals surface area (Å²) < 4.78 is 3.96. The van der Waals surface area contributed by atoms with Gasteiger partial charge in [-0.2, -0.15) is 0 Å². The van der Waals surface area contributed by atoms with E-state index >= 15 is 0 Å². The molecule has 0 saturated carbocycles. The Hall–Kier alpha value is -2.47. The average molecular weight is 832 g/mol. The first kappa shape index (κ1) is 35.4. The predicted octanol–water partition coefficient (Wildman–Crippen LogP) is 10.7. The summed E-state index contributed by atoms with van der Waals surface area (Å²) in [6.45, 7) is 19.2. The van der Waals surface area contributed by atoms with Crippen LogP contribution in [0.5, 0.6) is 0 Å². The Bertz CT molecular complexity index is 1770. The van der Waals surface area contributed by atoms with Crippen molar-refractivity contribution in [2.75, 3.05) is 0 Å². The molecule has 0 unspecified atom stereocenters. The van der Waals surface area contributed by atoms with Crippen LogP contribution in [0.25, 0.3) is 11.1 Å². The molecule has 0 atom stereocenters. The first-order valence-corrected chi connectivity index (χ1v) is 29.7. The van der Waals surface area contributed by atoms with Gasteiger partial charge in [-0.25, -0.2) is 0 Å². The molecule has 6 rings (SSSR count). The van der Waals surface area contributed by atoms with Crippen LogP contribution in [0.3, 0.4) is 0 Å². The monoisotopic (exact) mass is 832 g/mol. The second-order valence-electron chi connectivity index (χ2n) is 14.5. The van der Waals surface area contributed by atoms with E-state index in [-0.39, 0.29) is 0 Å². The minimum atomic E-state index is -2.93. The number of aryl methyl sites for hydroxylation is 2. The van der Waals surface area contributed by atoms with Crippen LogP contribution in [-0.2, 0) is 27.4 Å². The Labute approximate surface area is 301 Å². The fraction of sp³-hybridized carbons (Fsp3) is 0.356. The van der Waals surface area contributed by atoms with Gasteiger partial charge < -0.3 is 0 Å². The number of benzene rings is 4. The van der Waals surface area contributed by atoms with Gasteiger partial charge >= 0.3 is 303 Å². The zero-order valence-electron chi connectivity index (χ0n) is 30.8. The molecule has 248 valence electrons. The number of hydrogen-bond donors (Lipinski definition) is 0. The normalized spacial score (nSPS) is 14.0. The fourth-order valence-electron chi connectivity index (χ4n) is 9.16. The van der Waals surface area contributed by atoms with E-state index in [1.165, 1.54) is 75.2 Å². The van der Waals surface area contributed by atoms with Gasteiger partial charge in [0.25, 0.3) is 0 Å². The van der Waals surface area contributed by atoms with Crippen molar-refractivity contribution in [3.63, 3.8) is 0 Å². The molecule has 0 nitrogen and oxygen atoms in total. The van der Waals surface area contributed by atoms with Crippen molar-refractivity contribution in [1.82, 2.24) is 0 Å². The van der Waals surface area contributed by atoms with Gasteiger partial charge in [0, 0.05) is 0 Å².